The zero-order valence-corrected chi connectivity index (χ0v) is 16.1. The average Bonchev–Trinajstić information content (AvgIpc) is 2.62. The molecule has 1 aromatic carbocycles. The summed E-state index contributed by atoms with van der Waals surface area (Å²) in [4.78, 5) is 7.03. The summed E-state index contributed by atoms with van der Waals surface area (Å²) in [7, 11) is 0. The molecule has 0 aliphatic carbocycles. The molecule has 0 fully saturated rings. The van der Waals surface area contributed by atoms with Crippen LogP contribution in [0, 0.1) is 0 Å². The van der Waals surface area contributed by atoms with Crippen molar-refractivity contribution in [3.63, 3.8) is 0 Å². The summed E-state index contributed by atoms with van der Waals surface area (Å²) in [5.41, 5.74) is 6.29. The van der Waals surface area contributed by atoms with Crippen molar-refractivity contribution in [1.82, 2.24) is 9.88 Å². The fourth-order valence-corrected chi connectivity index (χ4v) is 3.33. The Morgan fingerprint density at radius 3 is 2.24 bits per heavy atom. The van der Waals surface area contributed by atoms with Gasteiger partial charge in [-0.3, -0.25) is 9.88 Å². The normalized spacial score (nSPS) is 11.0. The lowest BCUT2D eigenvalue weighted by molar-refractivity contribution is 0.266. The molecule has 0 aliphatic rings. The van der Waals surface area contributed by atoms with Crippen molar-refractivity contribution in [3.05, 3.63) is 59.9 Å². The van der Waals surface area contributed by atoms with Crippen LogP contribution in [-0.4, -0.2) is 23.0 Å². The lowest BCUT2D eigenvalue weighted by Gasteiger charge is -2.21. The molecule has 134 valence electrons. The van der Waals surface area contributed by atoms with Gasteiger partial charge in [0.1, 0.15) is 0 Å². The van der Waals surface area contributed by atoms with E-state index in [0.29, 0.717) is 0 Å². The van der Waals surface area contributed by atoms with E-state index in [9.17, 15) is 0 Å². The summed E-state index contributed by atoms with van der Waals surface area (Å²) in [6, 6.07) is 9.04. The van der Waals surface area contributed by atoms with E-state index < -0.39 is 0 Å². The third-order valence-electron chi connectivity index (χ3n) is 4.40. The monoisotopic (exact) mass is 336 g/mol. The second-order valence-electron chi connectivity index (χ2n) is 6.78. The van der Waals surface area contributed by atoms with Crippen molar-refractivity contribution in [2.75, 3.05) is 13.1 Å². The molecule has 2 aromatic rings. The van der Waals surface area contributed by atoms with Gasteiger partial charge in [-0.15, -0.1) is 0 Å². The van der Waals surface area contributed by atoms with E-state index in [1.54, 1.807) is 0 Å². The molecule has 0 bridgehead atoms. The Labute approximate surface area is 153 Å². The molecule has 0 radical (unpaired) electrons. The Balaban J connectivity index is 2.28. The summed E-state index contributed by atoms with van der Waals surface area (Å²) < 4.78 is 0. The number of rotatable bonds is 10. The molecule has 0 N–H and O–H groups in total. The van der Waals surface area contributed by atoms with Crippen LogP contribution in [0.25, 0.3) is 17.2 Å². The fraction of sp³-hybridized carbons (Fsp3) is 0.435. The lowest BCUT2D eigenvalue weighted by atomic mass is 9.98. The van der Waals surface area contributed by atoms with E-state index in [0.717, 1.165) is 32.5 Å². The highest BCUT2D eigenvalue weighted by Crippen LogP contribution is 2.24. The summed E-state index contributed by atoms with van der Waals surface area (Å²) in [5, 5.41) is 0. The van der Waals surface area contributed by atoms with Crippen LogP contribution in [0.2, 0.25) is 0 Å². The van der Waals surface area contributed by atoms with Crippen LogP contribution in [-0.2, 0) is 13.0 Å². The van der Waals surface area contributed by atoms with Crippen molar-refractivity contribution in [2.45, 2.75) is 53.0 Å². The zero-order chi connectivity index (χ0) is 18.1. The maximum Gasteiger partial charge on any atom is 0.0346 e. The van der Waals surface area contributed by atoms with Gasteiger partial charge in [-0.25, -0.2) is 0 Å². The van der Waals surface area contributed by atoms with Crippen molar-refractivity contribution >= 4 is 6.08 Å². The number of aryl methyl sites for hydroxylation is 1. The van der Waals surface area contributed by atoms with Gasteiger partial charge in [-0.05, 0) is 66.7 Å². The van der Waals surface area contributed by atoms with Crippen LogP contribution >= 0.6 is 0 Å². The Kier molecular flexibility index (Phi) is 7.87. The van der Waals surface area contributed by atoms with Crippen LogP contribution in [0.4, 0.5) is 0 Å². The van der Waals surface area contributed by atoms with Gasteiger partial charge in [0.2, 0.25) is 0 Å². The molecule has 1 heterocycles. The number of pyridine rings is 1. The molecule has 0 unspecified atom stereocenters. The zero-order valence-electron chi connectivity index (χ0n) is 16.1. The second-order valence-corrected chi connectivity index (χ2v) is 6.78. The van der Waals surface area contributed by atoms with E-state index in [2.05, 4.69) is 61.5 Å². The molecule has 2 nitrogen and oxygen atoms in total. The standard InChI is InChI=1S/C23H32N2/c1-5-9-20-12-19(8-4)13-22(14-20)23-15-21(16-24-17-23)18-25(10-6-2)11-7-3/h8,12-17H,4-7,9-11,18H2,1-3H3. The summed E-state index contributed by atoms with van der Waals surface area (Å²) in [6.45, 7) is 13.9. The average molecular weight is 337 g/mol. The third-order valence-corrected chi connectivity index (χ3v) is 4.40. The molecular weight excluding hydrogens is 304 g/mol. The molecule has 0 spiro atoms. The van der Waals surface area contributed by atoms with Crippen LogP contribution < -0.4 is 0 Å². The van der Waals surface area contributed by atoms with Gasteiger partial charge in [0, 0.05) is 24.5 Å². The van der Waals surface area contributed by atoms with Gasteiger partial charge in [0.05, 0.1) is 0 Å². The first kappa shape index (κ1) is 19.4. The Hall–Kier alpha value is -1.93. The van der Waals surface area contributed by atoms with Gasteiger partial charge in [0.15, 0.2) is 0 Å². The quantitative estimate of drug-likeness (QED) is 0.531. The molecule has 0 amide bonds. The van der Waals surface area contributed by atoms with Crippen molar-refractivity contribution in [2.24, 2.45) is 0 Å². The van der Waals surface area contributed by atoms with Crippen LogP contribution in [0.3, 0.4) is 0 Å². The summed E-state index contributed by atoms with van der Waals surface area (Å²) in [6.07, 6.45) is 10.6. The Morgan fingerprint density at radius 1 is 0.880 bits per heavy atom. The predicted octanol–water partition coefficient (Wildman–Crippen LogP) is 5.97. The topological polar surface area (TPSA) is 16.1 Å². The molecular formula is C23H32N2. The highest BCUT2D eigenvalue weighted by atomic mass is 15.1. The molecule has 0 aliphatic heterocycles. The van der Waals surface area contributed by atoms with E-state index >= 15 is 0 Å². The minimum atomic E-state index is 0.978. The number of hydrogen-bond acceptors (Lipinski definition) is 2. The van der Waals surface area contributed by atoms with E-state index in [4.69, 9.17) is 0 Å². The number of aromatic nitrogens is 1. The minimum Gasteiger partial charge on any atom is -0.299 e. The molecule has 2 rings (SSSR count). The first-order valence-electron chi connectivity index (χ1n) is 9.63. The van der Waals surface area contributed by atoms with E-state index in [-0.39, 0.29) is 0 Å². The highest BCUT2D eigenvalue weighted by molar-refractivity contribution is 5.68. The summed E-state index contributed by atoms with van der Waals surface area (Å²) >= 11 is 0. The molecule has 0 saturated carbocycles. The van der Waals surface area contributed by atoms with Gasteiger partial charge in [-0.2, -0.15) is 0 Å². The Morgan fingerprint density at radius 2 is 1.60 bits per heavy atom. The van der Waals surface area contributed by atoms with Crippen LogP contribution in [0.5, 0.6) is 0 Å². The molecule has 0 atom stereocenters. The van der Waals surface area contributed by atoms with Crippen LogP contribution in [0.1, 0.15) is 56.7 Å². The smallest absolute Gasteiger partial charge is 0.0346 e. The van der Waals surface area contributed by atoms with Gasteiger partial charge in [0.25, 0.3) is 0 Å². The van der Waals surface area contributed by atoms with Crippen molar-refractivity contribution < 1.29 is 0 Å². The van der Waals surface area contributed by atoms with Crippen molar-refractivity contribution in [1.29, 1.82) is 0 Å². The van der Waals surface area contributed by atoms with Gasteiger partial charge in [-0.1, -0.05) is 52.0 Å². The first-order chi connectivity index (χ1) is 12.2. The van der Waals surface area contributed by atoms with Crippen molar-refractivity contribution in [3.8, 4) is 11.1 Å². The third kappa shape index (κ3) is 5.82. The minimum absolute atomic E-state index is 0.978. The Bertz CT molecular complexity index is 670. The van der Waals surface area contributed by atoms with Crippen LogP contribution in [0.15, 0.2) is 43.2 Å². The maximum absolute atomic E-state index is 4.51. The number of benzene rings is 1. The van der Waals surface area contributed by atoms with E-state index in [1.165, 1.54) is 40.7 Å². The molecule has 1 aromatic heterocycles. The molecule has 0 saturated heterocycles. The van der Waals surface area contributed by atoms with Gasteiger partial charge >= 0.3 is 0 Å². The summed E-state index contributed by atoms with van der Waals surface area (Å²) in [5.74, 6) is 0. The largest absolute Gasteiger partial charge is 0.299 e. The predicted molar refractivity (Wildman–Crippen MR) is 110 cm³/mol. The SMILES string of the molecule is C=Cc1cc(CCC)cc(-c2cncc(CN(CCC)CCC)c2)c1. The number of nitrogens with zero attached hydrogens (tertiary/aromatic N) is 2. The first-order valence-corrected chi connectivity index (χ1v) is 9.63. The van der Waals surface area contributed by atoms with Gasteiger partial charge < -0.3 is 0 Å². The maximum atomic E-state index is 4.51. The number of hydrogen-bond donors (Lipinski definition) is 0. The highest BCUT2D eigenvalue weighted by Gasteiger charge is 2.07. The van der Waals surface area contributed by atoms with E-state index in [1.807, 2.05) is 18.5 Å². The lowest BCUT2D eigenvalue weighted by Crippen LogP contribution is -2.24. The fourth-order valence-electron chi connectivity index (χ4n) is 3.33. The second kappa shape index (κ2) is 10.1. The molecule has 25 heavy (non-hydrogen) atoms. The molecule has 2 heteroatoms.